The molecule has 78 valence electrons. The van der Waals surface area contributed by atoms with Crippen LogP contribution < -0.4 is 5.69 Å². The van der Waals surface area contributed by atoms with Crippen LogP contribution in [0.5, 0.6) is 0 Å². The third-order valence-electron chi connectivity index (χ3n) is 2.36. The molecule has 15 heavy (non-hydrogen) atoms. The Bertz CT molecular complexity index is 510. The lowest BCUT2D eigenvalue weighted by atomic mass is 10.2. The Morgan fingerprint density at radius 3 is 2.53 bits per heavy atom. The number of nitrogens with zero attached hydrogens (tertiary/aromatic N) is 3. The Hall–Kier alpha value is -1.84. The molecule has 0 aliphatic heterocycles. The fourth-order valence-corrected chi connectivity index (χ4v) is 1.59. The highest BCUT2D eigenvalue weighted by atomic mass is 16.2. The van der Waals surface area contributed by atoms with E-state index in [0.717, 1.165) is 11.4 Å². The minimum absolute atomic E-state index is 0.0728. The fraction of sp³-hybridized carbons (Fsp3) is 0.273. The zero-order valence-electron chi connectivity index (χ0n) is 8.84. The van der Waals surface area contributed by atoms with Crippen LogP contribution in [0.4, 0.5) is 0 Å². The molecule has 1 aromatic carbocycles. The van der Waals surface area contributed by atoms with Gasteiger partial charge in [-0.15, -0.1) is 5.10 Å². The van der Waals surface area contributed by atoms with E-state index >= 15 is 0 Å². The minimum Gasteiger partial charge on any atom is -0.275 e. The van der Waals surface area contributed by atoms with E-state index in [2.05, 4.69) is 5.10 Å². The second-order valence-electron chi connectivity index (χ2n) is 3.34. The van der Waals surface area contributed by atoms with E-state index in [1.54, 1.807) is 11.6 Å². The number of benzene rings is 1. The van der Waals surface area contributed by atoms with Crippen LogP contribution in [0.25, 0.3) is 11.4 Å². The zero-order chi connectivity index (χ0) is 10.8. The summed E-state index contributed by atoms with van der Waals surface area (Å²) in [5.41, 5.74) is 0.897. The lowest BCUT2D eigenvalue weighted by Crippen LogP contribution is -2.22. The molecule has 0 saturated carbocycles. The monoisotopic (exact) mass is 203 g/mol. The SMILES string of the molecule is CCn1c(-c2ccccc2)nn(C)c1=O. The number of rotatable bonds is 2. The molecule has 1 heterocycles. The van der Waals surface area contributed by atoms with E-state index in [1.807, 2.05) is 37.3 Å². The first-order valence-electron chi connectivity index (χ1n) is 4.93. The van der Waals surface area contributed by atoms with Crippen LogP contribution in [0.3, 0.4) is 0 Å². The summed E-state index contributed by atoms with van der Waals surface area (Å²) < 4.78 is 3.03. The van der Waals surface area contributed by atoms with E-state index in [1.165, 1.54) is 4.68 Å². The number of hydrogen-bond donors (Lipinski definition) is 0. The molecular formula is C11H13N3O. The highest BCUT2D eigenvalue weighted by Gasteiger charge is 2.10. The maximum Gasteiger partial charge on any atom is 0.345 e. The number of aryl methyl sites for hydroxylation is 1. The van der Waals surface area contributed by atoms with Crippen LogP contribution in [-0.2, 0) is 13.6 Å². The van der Waals surface area contributed by atoms with Crippen LogP contribution in [0.2, 0.25) is 0 Å². The molecule has 0 radical (unpaired) electrons. The summed E-state index contributed by atoms with van der Waals surface area (Å²) in [5.74, 6) is 0.727. The van der Waals surface area contributed by atoms with Crippen LogP contribution >= 0.6 is 0 Å². The molecule has 4 heteroatoms. The highest BCUT2D eigenvalue weighted by Crippen LogP contribution is 2.14. The van der Waals surface area contributed by atoms with Gasteiger partial charge >= 0.3 is 5.69 Å². The van der Waals surface area contributed by atoms with Crippen LogP contribution in [-0.4, -0.2) is 14.3 Å². The van der Waals surface area contributed by atoms with Gasteiger partial charge in [0.15, 0.2) is 5.82 Å². The molecule has 0 aliphatic rings. The summed E-state index contributed by atoms with van der Waals surface area (Å²) in [6, 6.07) is 9.73. The fourth-order valence-electron chi connectivity index (χ4n) is 1.59. The van der Waals surface area contributed by atoms with Crippen molar-refractivity contribution in [3.05, 3.63) is 40.8 Å². The molecule has 0 N–H and O–H groups in total. The summed E-state index contributed by atoms with van der Waals surface area (Å²) in [6.07, 6.45) is 0. The van der Waals surface area contributed by atoms with Gasteiger partial charge in [-0.3, -0.25) is 4.57 Å². The minimum atomic E-state index is -0.0728. The lowest BCUT2D eigenvalue weighted by molar-refractivity contribution is 0.678. The lowest BCUT2D eigenvalue weighted by Gasteiger charge is -2.00. The van der Waals surface area contributed by atoms with Gasteiger partial charge in [0.2, 0.25) is 0 Å². The Labute approximate surface area is 87.8 Å². The van der Waals surface area contributed by atoms with Gasteiger partial charge < -0.3 is 0 Å². The van der Waals surface area contributed by atoms with Crippen molar-refractivity contribution in [1.82, 2.24) is 14.3 Å². The predicted octanol–water partition coefficient (Wildman–Crippen LogP) is 1.27. The average molecular weight is 203 g/mol. The van der Waals surface area contributed by atoms with Gasteiger partial charge in [0.25, 0.3) is 0 Å². The predicted molar refractivity (Wildman–Crippen MR) is 58.6 cm³/mol. The van der Waals surface area contributed by atoms with Crippen molar-refractivity contribution in [1.29, 1.82) is 0 Å². The molecule has 0 fully saturated rings. The molecule has 0 amide bonds. The van der Waals surface area contributed by atoms with Crippen LogP contribution in [0, 0.1) is 0 Å². The van der Waals surface area contributed by atoms with Crippen molar-refractivity contribution in [2.24, 2.45) is 7.05 Å². The summed E-state index contributed by atoms with van der Waals surface area (Å²) in [4.78, 5) is 11.7. The van der Waals surface area contributed by atoms with Gasteiger partial charge in [0, 0.05) is 19.2 Å². The Morgan fingerprint density at radius 2 is 1.93 bits per heavy atom. The third-order valence-corrected chi connectivity index (χ3v) is 2.36. The van der Waals surface area contributed by atoms with Gasteiger partial charge in [0.05, 0.1) is 0 Å². The molecule has 0 aliphatic carbocycles. The smallest absolute Gasteiger partial charge is 0.275 e. The van der Waals surface area contributed by atoms with Crippen molar-refractivity contribution >= 4 is 0 Å². The van der Waals surface area contributed by atoms with Crippen LogP contribution in [0.15, 0.2) is 35.1 Å². The summed E-state index contributed by atoms with van der Waals surface area (Å²) >= 11 is 0. The van der Waals surface area contributed by atoms with Crippen molar-refractivity contribution in [3.8, 4) is 11.4 Å². The van der Waals surface area contributed by atoms with E-state index in [-0.39, 0.29) is 5.69 Å². The summed E-state index contributed by atoms with van der Waals surface area (Å²) in [5, 5.41) is 4.22. The first kappa shape index (κ1) is 9.71. The average Bonchev–Trinajstić information content (AvgIpc) is 2.56. The maximum absolute atomic E-state index is 11.7. The van der Waals surface area contributed by atoms with Gasteiger partial charge in [-0.1, -0.05) is 30.3 Å². The van der Waals surface area contributed by atoms with E-state index in [9.17, 15) is 4.79 Å². The molecule has 2 rings (SSSR count). The molecule has 0 saturated heterocycles. The quantitative estimate of drug-likeness (QED) is 0.737. The molecule has 0 spiro atoms. The Kier molecular flexibility index (Phi) is 2.41. The molecular weight excluding hydrogens is 190 g/mol. The van der Waals surface area contributed by atoms with Crippen molar-refractivity contribution in [2.75, 3.05) is 0 Å². The second-order valence-corrected chi connectivity index (χ2v) is 3.34. The molecule has 0 unspecified atom stereocenters. The van der Waals surface area contributed by atoms with Crippen molar-refractivity contribution in [3.63, 3.8) is 0 Å². The maximum atomic E-state index is 11.7. The summed E-state index contributed by atoms with van der Waals surface area (Å²) in [6.45, 7) is 2.58. The first-order valence-corrected chi connectivity index (χ1v) is 4.93. The third kappa shape index (κ3) is 1.58. The molecule has 0 bridgehead atoms. The van der Waals surface area contributed by atoms with Crippen molar-refractivity contribution in [2.45, 2.75) is 13.5 Å². The van der Waals surface area contributed by atoms with Crippen molar-refractivity contribution < 1.29 is 0 Å². The topological polar surface area (TPSA) is 39.8 Å². The molecule has 1 aromatic heterocycles. The summed E-state index contributed by atoms with van der Waals surface area (Å²) in [7, 11) is 1.67. The molecule has 0 atom stereocenters. The van der Waals surface area contributed by atoms with E-state index in [0.29, 0.717) is 6.54 Å². The van der Waals surface area contributed by atoms with Gasteiger partial charge in [-0.25, -0.2) is 9.48 Å². The number of hydrogen-bond acceptors (Lipinski definition) is 2. The van der Waals surface area contributed by atoms with Gasteiger partial charge in [-0.05, 0) is 6.92 Å². The first-order chi connectivity index (χ1) is 7.24. The van der Waals surface area contributed by atoms with Gasteiger partial charge in [-0.2, -0.15) is 0 Å². The normalized spacial score (nSPS) is 10.5. The van der Waals surface area contributed by atoms with E-state index in [4.69, 9.17) is 0 Å². The second kappa shape index (κ2) is 3.73. The number of aromatic nitrogens is 3. The molecule has 4 nitrogen and oxygen atoms in total. The Morgan fingerprint density at radius 1 is 1.27 bits per heavy atom. The highest BCUT2D eigenvalue weighted by molar-refractivity contribution is 5.54. The standard InChI is InChI=1S/C11H13N3O/c1-3-14-10(12-13(2)11(14)15)9-7-5-4-6-8-9/h4-8H,3H2,1-2H3. The van der Waals surface area contributed by atoms with Crippen LogP contribution in [0.1, 0.15) is 6.92 Å². The molecule has 2 aromatic rings. The Balaban J connectivity index is 2.64. The van der Waals surface area contributed by atoms with Gasteiger partial charge in [0.1, 0.15) is 0 Å². The van der Waals surface area contributed by atoms with E-state index < -0.39 is 0 Å². The zero-order valence-corrected chi connectivity index (χ0v) is 8.84. The largest absolute Gasteiger partial charge is 0.345 e.